The smallest absolute Gasteiger partial charge is 0.222 e. The van der Waals surface area contributed by atoms with E-state index in [-0.39, 0.29) is 0 Å². The minimum atomic E-state index is 0.414. The van der Waals surface area contributed by atoms with Crippen LogP contribution in [0.4, 0.5) is 0 Å². The predicted octanol–water partition coefficient (Wildman–Crippen LogP) is 2.80. The van der Waals surface area contributed by atoms with Gasteiger partial charge in [-0.15, -0.1) is 0 Å². The Labute approximate surface area is 118 Å². The van der Waals surface area contributed by atoms with Crippen molar-refractivity contribution in [3.05, 3.63) is 0 Å². The Kier molecular flexibility index (Phi) is 5.68. The molecule has 2 aliphatic rings. The summed E-state index contributed by atoms with van der Waals surface area (Å²) in [6, 6.07) is 0.507. The average molecular weight is 266 g/mol. The Balaban J connectivity index is 1.84. The molecular formula is C16H30N2O. The molecule has 3 heteroatoms. The van der Waals surface area contributed by atoms with Crippen LogP contribution in [0, 0.1) is 11.8 Å². The van der Waals surface area contributed by atoms with E-state index in [0.29, 0.717) is 17.9 Å². The molecule has 2 fully saturated rings. The largest absolute Gasteiger partial charge is 0.339 e. The molecule has 2 aliphatic heterocycles. The highest BCUT2D eigenvalue weighted by molar-refractivity contribution is 5.76. The van der Waals surface area contributed by atoms with Crippen LogP contribution in [0.2, 0.25) is 0 Å². The number of piperidine rings is 1. The van der Waals surface area contributed by atoms with E-state index in [4.69, 9.17) is 0 Å². The lowest BCUT2D eigenvalue weighted by Crippen LogP contribution is -2.46. The van der Waals surface area contributed by atoms with Crippen LogP contribution in [0.15, 0.2) is 0 Å². The van der Waals surface area contributed by atoms with Gasteiger partial charge in [-0.1, -0.05) is 20.3 Å². The summed E-state index contributed by atoms with van der Waals surface area (Å²) in [5.74, 6) is 1.80. The number of amides is 1. The highest BCUT2D eigenvalue weighted by Gasteiger charge is 2.30. The molecule has 1 amide bonds. The summed E-state index contributed by atoms with van der Waals surface area (Å²) in [6.45, 7) is 7.79. The molecule has 3 unspecified atom stereocenters. The number of nitrogens with zero attached hydrogens (tertiary/aromatic N) is 1. The van der Waals surface area contributed by atoms with Crippen LogP contribution in [0.1, 0.15) is 58.8 Å². The van der Waals surface area contributed by atoms with Gasteiger partial charge in [-0.25, -0.2) is 0 Å². The number of rotatable bonds is 5. The molecule has 0 aliphatic carbocycles. The van der Waals surface area contributed by atoms with Crippen LogP contribution in [-0.2, 0) is 4.79 Å². The van der Waals surface area contributed by atoms with Gasteiger partial charge in [0.1, 0.15) is 0 Å². The molecule has 2 saturated heterocycles. The van der Waals surface area contributed by atoms with Crippen molar-refractivity contribution in [2.24, 2.45) is 11.8 Å². The first kappa shape index (κ1) is 14.8. The maximum absolute atomic E-state index is 12.5. The summed E-state index contributed by atoms with van der Waals surface area (Å²) < 4.78 is 0. The Hall–Kier alpha value is -0.570. The van der Waals surface area contributed by atoms with E-state index in [9.17, 15) is 4.79 Å². The number of carbonyl (C=O) groups is 1. The Bertz CT molecular complexity index is 286. The van der Waals surface area contributed by atoms with E-state index in [2.05, 4.69) is 24.1 Å². The summed E-state index contributed by atoms with van der Waals surface area (Å²) >= 11 is 0. The SMILES string of the molecule is CCC(C)C1CCCCN1C(=O)CCC1CCNC1. The molecule has 2 heterocycles. The van der Waals surface area contributed by atoms with E-state index in [1.807, 2.05) is 0 Å². The Morgan fingerprint density at radius 3 is 2.89 bits per heavy atom. The molecule has 0 aromatic heterocycles. The first-order valence-corrected chi connectivity index (χ1v) is 8.22. The maximum Gasteiger partial charge on any atom is 0.222 e. The molecule has 0 aromatic rings. The van der Waals surface area contributed by atoms with E-state index in [0.717, 1.165) is 38.4 Å². The molecule has 3 atom stereocenters. The Morgan fingerprint density at radius 1 is 1.37 bits per heavy atom. The summed E-state index contributed by atoms with van der Waals surface area (Å²) in [6.07, 6.45) is 7.98. The summed E-state index contributed by atoms with van der Waals surface area (Å²) in [4.78, 5) is 14.7. The predicted molar refractivity (Wildman–Crippen MR) is 79.0 cm³/mol. The second-order valence-corrected chi connectivity index (χ2v) is 6.43. The van der Waals surface area contributed by atoms with Crippen LogP contribution < -0.4 is 5.32 Å². The van der Waals surface area contributed by atoms with Gasteiger partial charge in [-0.05, 0) is 57.0 Å². The monoisotopic (exact) mass is 266 g/mol. The van der Waals surface area contributed by atoms with Crippen molar-refractivity contribution in [2.45, 2.75) is 64.8 Å². The number of carbonyl (C=O) groups excluding carboxylic acids is 1. The summed E-state index contributed by atoms with van der Waals surface area (Å²) in [7, 11) is 0. The van der Waals surface area contributed by atoms with Gasteiger partial charge >= 0.3 is 0 Å². The molecule has 1 N–H and O–H groups in total. The summed E-state index contributed by atoms with van der Waals surface area (Å²) in [5.41, 5.74) is 0. The standard InChI is InChI=1S/C16H30N2O/c1-3-13(2)15-6-4-5-11-18(15)16(19)8-7-14-9-10-17-12-14/h13-15,17H,3-12H2,1-2H3. The van der Waals surface area contributed by atoms with Crippen LogP contribution in [-0.4, -0.2) is 36.5 Å². The van der Waals surface area contributed by atoms with Crippen LogP contribution in [0.3, 0.4) is 0 Å². The molecule has 0 radical (unpaired) electrons. The van der Waals surface area contributed by atoms with Crippen molar-refractivity contribution in [1.29, 1.82) is 0 Å². The van der Waals surface area contributed by atoms with E-state index < -0.39 is 0 Å². The third-order valence-electron chi connectivity index (χ3n) is 5.10. The fourth-order valence-corrected chi connectivity index (χ4v) is 3.56. The molecule has 0 spiro atoms. The van der Waals surface area contributed by atoms with Gasteiger partial charge in [-0.2, -0.15) is 0 Å². The molecular weight excluding hydrogens is 236 g/mol. The zero-order chi connectivity index (χ0) is 13.7. The normalized spacial score (nSPS) is 29.5. The van der Waals surface area contributed by atoms with Crippen molar-refractivity contribution in [2.75, 3.05) is 19.6 Å². The number of likely N-dealkylation sites (tertiary alicyclic amines) is 1. The lowest BCUT2D eigenvalue weighted by molar-refractivity contribution is -0.136. The summed E-state index contributed by atoms with van der Waals surface area (Å²) in [5, 5.41) is 3.39. The van der Waals surface area contributed by atoms with E-state index in [1.165, 1.54) is 32.1 Å². The second kappa shape index (κ2) is 7.28. The topological polar surface area (TPSA) is 32.3 Å². The quantitative estimate of drug-likeness (QED) is 0.830. The van der Waals surface area contributed by atoms with Crippen LogP contribution in [0.5, 0.6) is 0 Å². The molecule has 0 bridgehead atoms. The van der Waals surface area contributed by atoms with Crippen molar-refractivity contribution >= 4 is 5.91 Å². The van der Waals surface area contributed by atoms with Gasteiger partial charge in [0.2, 0.25) is 5.91 Å². The fraction of sp³-hybridized carbons (Fsp3) is 0.938. The lowest BCUT2D eigenvalue weighted by Gasteiger charge is -2.39. The highest BCUT2D eigenvalue weighted by Crippen LogP contribution is 2.26. The van der Waals surface area contributed by atoms with E-state index in [1.54, 1.807) is 0 Å². The zero-order valence-corrected chi connectivity index (χ0v) is 12.7. The van der Waals surface area contributed by atoms with Gasteiger partial charge in [0, 0.05) is 19.0 Å². The molecule has 3 nitrogen and oxygen atoms in total. The lowest BCUT2D eigenvalue weighted by atomic mass is 9.89. The fourth-order valence-electron chi connectivity index (χ4n) is 3.56. The zero-order valence-electron chi connectivity index (χ0n) is 12.7. The first-order chi connectivity index (χ1) is 9.22. The van der Waals surface area contributed by atoms with Crippen molar-refractivity contribution in [1.82, 2.24) is 10.2 Å². The molecule has 19 heavy (non-hydrogen) atoms. The van der Waals surface area contributed by atoms with Crippen molar-refractivity contribution in [3.63, 3.8) is 0 Å². The Morgan fingerprint density at radius 2 is 2.21 bits per heavy atom. The minimum Gasteiger partial charge on any atom is -0.339 e. The van der Waals surface area contributed by atoms with Gasteiger partial charge in [0.25, 0.3) is 0 Å². The van der Waals surface area contributed by atoms with Crippen molar-refractivity contribution < 1.29 is 4.79 Å². The van der Waals surface area contributed by atoms with E-state index >= 15 is 0 Å². The van der Waals surface area contributed by atoms with Crippen LogP contribution >= 0.6 is 0 Å². The van der Waals surface area contributed by atoms with Gasteiger partial charge < -0.3 is 10.2 Å². The second-order valence-electron chi connectivity index (χ2n) is 6.43. The first-order valence-electron chi connectivity index (χ1n) is 8.22. The molecule has 0 aromatic carbocycles. The number of hydrogen-bond acceptors (Lipinski definition) is 2. The molecule has 2 rings (SSSR count). The third-order valence-corrected chi connectivity index (χ3v) is 5.10. The third kappa shape index (κ3) is 3.95. The highest BCUT2D eigenvalue weighted by atomic mass is 16.2. The average Bonchev–Trinajstić information content (AvgIpc) is 2.97. The van der Waals surface area contributed by atoms with Gasteiger partial charge in [0.15, 0.2) is 0 Å². The maximum atomic E-state index is 12.5. The number of hydrogen-bond donors (Lipinski definition) is 1. The molecule has 0 saturated carbocycles. The van der Waals surface area contributed by atoms with Gasteiger partial charge in [0.05, 0.1) is 0 Å². The minimum absolute atomic E-state index is 0.414. The van der Waals surface area contributed by atoms with Crippen molar-refractivity contribution in [3.8, 4) is 0 Å². The van der Waals surface area contributed by atoms with Gasteiger partial charge in [-0.3, -0.25) is 4.79 Å². The number of nitrogens with one attached hydrogen (secondary N) is 1. The molecule has 110 valence electrons. The van der Waals surface area contributed by atoms with Crippen LogP contribution in [0.25, 0.3) is 0 Å².